The van der Waals surface area contributed by atoms with Crippen LogP contribution in [-0.2, 0) is 6.54 Å². The number of halogens is 3. The number of hydrogen-bond acceptors (Lipinski definition) is 3. The highest BCUT2D eigenvalue weighted by Crippen LogP contribution is 2.31. The Morgan fingerprint density at radius 3 is 2.73 bits per heavy atom. The Morgan fingerprint density at radius 1 is 1.12 bits per heavy atom. The standard InChI is InChI=1S/C18H14F3N5/c1-11-3-2-4-13(24-11)17-18(25(10-23-17)9-14(19)20)12-5-6-16-22-7-15(21)26(16)8-12/h2-8,10,14H,9H2,1H3. The Bertz CT molecular complexity index is 1080. The van der Waals surface area contributed by atoms with E-state index in [-0.39, 0.29) is 0 Å². The fourth-order valence-electron chi connectivity index (χ4n) is 2.93. The van der Waals surface area contributed by atoms with E-state index in [1.807, 2.05) is 19.1 Å². The maximum Gasteiger partial charge on any atom is 0.256 e. The third-order valence-electron chi connectivity index (χ3n) is 4.04. The molecule has 5 nitrogen and oxygen atoms in total. The molecular formula is C18H14F3N5. The summed E-state index contributed by atoms with van der Waals surface area (Å²) in [6.45, 7) is 1.32. The van der Waals surface area contributed by atoms with Crippen LogP contribution in [0, 0.1) is 12.9 Å². The summed E-state index contributed by atoms with van der Waals surface area (Å²) >= 11 is 0. The molecule has 4 aromatic heterocycles. The zero-order chi connectivity index (χ0) is 18.3. The first-order chi connectivity index (χ1) is 12.5. The monoisotopic (exact) mass is 357 g/mol. The van der Waals surface area contributed by atoms with Crippen LogP contribution in [0.1, 0.15) is 5.69 Å². The maximum atomic E-state index is 13.9. The van der Waals surface area contributed by atoms with Crippen molar-refractivity contribution in [1.82, 2.24) is 23.9 Å². The highest BCUT2D eigenvalue weighted by atomic mass is 19.3. The number of pyridine rings is 2. The fourth-order valence-corrected chi connectivity index (χ4v) is 2.93. The predicted molar refractivity (Wildman–Crippen MR) is 90.3 cm³/mol. The second-order valence-corrected chi connectivity index (χ2v) is 5.88. The molecular weight excluding hydrogens is 343 g/mol. The molecule has 0 aliphatic rings. The molecule has 4 heterocycles. The summed E-state index contributed by atoms with van der Waals surface area (Å²) in [5, 5.41) is 0. The van der Waals surface area contributed by atoms with Crippen molar-refractivity contribution in [2.45, 2.75) is 19.9 Å². The van der Waals surface area contributed by atoms with Crippen molar-refractivity contribution in [1.29, 1.82) is 0 Å². The molecule has 0 bridgehead atoms. The Balaban J connectivity index is 1.94. The van der Waals surface area contributed by atoms with Crippen LogP contribution >= 0.6 is 0 Å². The fraction of sp³-hybridized carbons (Fsp3) is 0.167. The number of rotatable bonds is 4. The van der Waals surface area contributed by atoms with E-state index in [0.717, 1.165) is 11.9 Å². The number of alkyl halides is 2. The van der Waals surface area contributed by atoms with Gasteiger partial charge in [-0.05, 0) is 31.2 Å². The summed E-state index contributed by atoms with van der Waals surface area (Å²) in [6, 6.07) is 8.77. The number of nitrogens with zero attached hydrogens (tertiary/aromatic N) is 5. The smallest absolute Gasteiger partial charge is 0.256 e. The lowest BCUT2D eigenvalue weighted by Crippen LogP contribution is -2.07. The van der Waals surface area contributed by atoms with E-state index in [9.17, 15) is 13.2 Å². The molecule has 0 spiro atoms. The molecule has 0 aromatic carbocycles. The molecule has 0 unspecified atom stereocenters. The van der Waals surface area contributed by atoms with Crippen LogP contribution < -0.4 is 0 Å². The van der Waals surface area contributed by atoms with Crippen molar-refractivity contribution in [3.8, 4) is 22.6 Å². The topological polar surface area (TPSA) is 48.0 Å². The Morgan fingerprint density at radius 2 is 1.96 bits per heavy atom. The van der Waals surface area contributed by atoms with E-state index in [1.54, 1.807) is 18.2 Å². The third-order valence-corrected chi connectivity index (χ3v) is 4.04. The minimum absolute atomic E-state index is 0.432. The second-order valence-electron chi connectivity index (χ2n) is 5.88. The van der Waals surface area contributed by atoms with Crippen LogP contribution in [0.3, 0.4) is 0 Å². The molecule has 4 rings (SSSR count). The first-order valence-corrected chi connectivity index (χ1v) is 7.93. The second kappa shape index (κ2) is 6.29. The lowest BCUT2D eigenvalue weighted by Gasteiger charge is -2.11. The van der Waals surface area contributed by atoms with Crippen LogP contribution in [0.2, 0.25) is 0 Å². The van der Waals surface area contributed by atoms with Crippen LogP contribution in [0.15, 0.2) is 49.1 Å². The Hall–Kier alpha value is -3.16. The lowest BCUT2D eigenvalue weighted by molar-refractivity contribution is 0.127. The van der Waals surface area contributed by atoms with Gasteiger partial charge in [-0.15, -0.1) is 0 Å². The Labute approximate surface area is 146 Å². The molecule has 8 heteroatoms. The van der Waals surface area contributed by atoms with Crippen LogP contribution in [-0.4, -0.2) is 30.3 Å². The van der Waals surface area contributed by atoms with Crippen LogP contribution in [0.5, 0.6) is 0 Å². The van der Waals surface area contributed by atoms with Crippen molar-refractivity contribution in [2.24, 2.45) is 0 Å². The molecule has 0 N–H and O–H groups in total. The van der Waals surface area contributed by atoms with Crippen molar-refractivity contribution < 1.29 is 13.2 Å². The molecule has 0 amide bonds. The molecule has 0 atom stereocenters. The molecule has 26 heavy (non-hydrogen) atoms. The van der Waals surface area contributed by atoms with Gasteiger partial charge in [-0.3, -0.25) is 9.38 Å². The quantitative estimate of drug-likeness (QED) is 0.555. The highest BCUT2D eigenvalue weighted by Gasteiger charge is 2.19. The van der Waals surface area contributed by atoms with E-state index in [0.29, 0.717) is 28.3 Å². The van der Waals surface area contributed by atoms with Gasteiger partial charge in [0.15, 0.2) is 0 Å². The van der Waals surface area contributed by atoms with E-state index in [4.69, 9.17) is 0 Å². The van der Waals surface area contributed by atoms with Gasteiger partial charge in [0, 0.05) is 17.5 Å². The summed E-state index contributed by atoms with van der Waals surface area (Å²) in [6.07, 6.45) is 1.44. The van der Waals surface area contributed by atoms with Crippen molar-refractivity contribution in [3.05, 3.63) is 60.7 Å². The lowest BCUT2D eigenvalue weighted by atomic mass is 10.1. The molecule has 132 valence electrons. The van der Waals surface area contributed by atoms with Gasteiger partial charge in [-0.25, -0.2) is 18.7 Å². The first-order valence-electron chi connectivity index (χ1n) is 7.93. The molecule has 0 fully saturated rings. The molecule has 0 saturated carbocycles. The average Bonchev–Trinajstić information content (AvgIpc) is 3.18. The minimum atomic E-state index is -2.55. The van der Waals surface area contributed by atoms with E-state index in [2.05, 4.69) is 15.0 Å². The van der Waals surface area contributed by atoms with E-state index < -0.39 is 18.9 Å². The van der Waals surface area contributed by atoms with Gasteiger partial charge in [0.1, 0.15) is 11.3 Å². The van der Waals surface area contributed by atoms with Gasteiger partial charge >= 0.3 is 0 Å². The first kappa shape index (κ1) is 16.3. The zero-order valence-electron chi connectivity index (χ0n) is 13.8. The predicted octanol–water partition coefficient (Wildman–Crippen LogP) is 3.97. The van der Waals surface area contributed by atoms with Gasteiger partial charge < -0.3 is 4.57 Å². The van der Waals surface area contributed by atoms with Crippen molar-refractivity contribution >= 4 is 5.65 Å². The SMILES string of the molecule is Cc1cccc(-c2ncn(CC(F)F)c2-c2ccc3ncc(F)n3c2)n1. The van der Waals surface area contributed by atoms with Crippen molar-refractivity contribution in [2.75, 3.05) is 0 Å². The van der Waals surface area contributed by atoms with Gasteiger partial charge in [-0.1, -0.05) is 6.07 Å². The highest BCUT2D eigenvalue weighted by molar-refractivity contribution is 5.77. The summed E-state index contributed by atoms with van der Waals surface area (Å²) in [4.78, 5) is 12.7. The number of fused-ring (bicyclic) bond motifs is 1. The van der Waals surface area contributed by atoms with Gasteiger partial charge in [0.05, 0.1) is 30.5 Å². The number of aromatic nitrogens is 5. The van der Waals surface area contributed by atoms with Gasteiger partial charge in [-0.2, -0.15) is 4.39 Å². The summed E-state index contributed by atoms with van der Waals surface area (Å²) in [5.41, 5.74) is 3.26. The molecule has 4 aromatic rings. The number of aryl methyl sites for hydroxylation is 1. The van der Waals surface area contributed by atoms with Crippen molar-refractivity contribution in [3.63, 3.8) is 0 Å². The zero-order valence-corrected chi connectivity index (χ0v) is 13.8. The number of hydrogen-bond donors (Lipinski definition) is 0. The van der Waals surface area contributed by atoms with E-state index >= 15 is 0 Å². The van der Waals surface area contributed by atoms with Gasteiger partial charge in [0.2, 0.25) is 5.95 Å². The minimum Gasteiger partial charge on any atom is -0.324 e. The summed E-state index contributed by atoms with van der Waals surface area (Å²) in [7, 11) is 0. The molecule has 0 saturated heterocycles. The van der Waals surface area contributed by atoms with Crippen LogP contribution in [0.25, 0.3) is 28.3 Å². The molecule has 0 aliphatic heterocycles. The molecule has 0 aliphatic carbocycles. The maximum absolute atomic E-state index is 13.9. The normalized spacial score (nSPS) is 11.6. The molecule has 0 radical (unpaired) electrons. The average molecular weight is 357 g/mol. The Kier molecular flexibility index (Phi) is 3.95. The third kappa shape index (κ3) is 2.83. The van der Waals surface area contributed by atoms with Crippen LogP contribution in [0.4, 0.5) is 13.2 Å². The summed E-state index contributed by atoms with van der Waals surface area (Å²) in [5.74, 6) is -0.531. The summed E-state index contributed by atoms with van der Waals surface area (Å²) < 4.78 is 42.6. The van der Waals surface area contributed by atoms with E-state index in [1.165, 1.54) is 21.5 Å². The number of imidazole rings is 2. The largest absolute Gasteiger partial charge is 0.324 e. The van der Waals surface area contributed by atoms with Gasteiger partial charge in [0.25, 0.3) is 6.43 Å².